The Labute approximate surface area is 75.9 Å². The molecule has 0 aliphatic carbocycles. The second-order valence-electron chi connectivity index (χ2n) is 3.27. The van der Waals surface area contributed by atoms with Gasteiger partial charge in [-0.25, -0.2) is 0 Å². The highest BCUT2D eigenvalue weighted by Crippen LogP contribution is 2.15. The molecule has 1 nitrogen and oxygen atoms in total. The van der Waals surface area contributed by atoms with Crippen molar-refractivity contribution < 1.29 is 4.79 Å². The largest absolute Gasteiger partial charge is 0.295 e. The molecule has 0 aliphatic rings. The van der Waals surface area contributed by atoms with Gasteiger partial charge >= 0.3 is 0 Å². The first-order valence-corrected chi connectivity index (χ1v) is 4.83. The standard InChI is InChI=1S/C11H20O/c1-5-7-8-9(3)11(6-2)10(4)12/h5-8H2,1-4H3/b11-9+. The van der Waals surface area contributed by atoms with Gasteiger partial charge in [0.15, 0.2) is 5.78 Å². The fourth-order valence-corrected chi connectivity index (χ4v) is 1.44. The van der Waals surface area contributed by atoms with Crippen molar-refractivity contribution in [2.75, 3.05) is 0 Å². The normalized spacial score (nSPS) is 12.7. The van der Waals surface area contributed by atoms with E-state index in [4.69, 9.17) is 0 Å². The van der Waals surface area contributed by atoms with E-state index in [1.165, 1.54) is 18.4 Å². The quantitative estimate of drug-likeness (QED) is 0.574. The lowest BCUT2D eigenvalue weighted by molar-refractivity contribution is -0.113. The molecule has 0 aliphatic heterocycles. The number of hydrogen-bond donors (Lipinski definition) is 0. The molecule has 12 heavy (non-hydrogen) atoms. The third kappa shape index (κ3) is 3.70. The van der Waals surface area contributed by atoms with E-state index in [1.807, 2.05) is 6.92 Å². The molecule has 0 aromatic heterocycles. The molecule has 1 heteroatoms. The van der Waals surface area contributed by atoms with Crippen LogP contribution in [0.4, 0.5) is 0 Å². The van der Waals surface area contributed by atoms with Gasteiger partial charge in [-0.05, 0) is 38.7 Å². The first kappa shape index (κ1) is 11.4. The lowest BCUT2D eigenvalue weighted by atomic mass is 9.99. The Morgan fingerprint density at radius 2 is 1.75 bits per heavy atom. The summed E-state index contributed by atoms with van der Waals surface area (Å²) >= 11 is 0. The topological polar surface area (TPSA) is 17.1 Å². The third-order valence-corrected chi connectivity index (χ3v) is 2.20. The summed E-state index contributed by atoms with van der Waals surface area (Å²) in [6.07, 6.45) is 4.36. The average molecular weight is 168 g/mol. The number of hydrogen-bond acceptors (Lipinski definition) is 1. The third-order valence-electron chi connectivity index (χ3n) is 2.20. The second kappa shape index (κ2) is 5.99. The molecule has 0 aromatic carbocycles. The fourth-order valence-electron chi connectivity index (χ4n) is 1.44. The van der Waals surface area contributed by atoms with Crippen molar-refractivity contribution in [2.45, 2.75) is 53.4 Å². The Morgan fingerprint density at radius 3 is 2.08 bits per heavy atom. The number of carbonyl (C=O) groups excluding carboxylic acids is 1. The van der Waals surface area contributed by atoms with Gasteiger partial charge in [-0.15, -0.1) is 0 Å². The zero-order valence-corrected chi connectivity index (χ0v) is 8.74. The molecule has 0 atom stereocenters. The summed E-state index contributed by atoms with van der Waals surface area (Å²) in [7, 11) is 0. The van der Waals surface area contributed by atoms with Gasteiger partial charge in [0.2, 0.25) is 0 Å². The summed E-state index contributed by atoms with van der Waals surface area (Å²) in [5.74, 6) is 0.242. The second-order valence-corrected chi connectivity index (χ2v) is 3.27. The van der Waals surface area contributed by atoms with E-state index in [-0.39, 0.29) is 5.78 Å². The van der Waals surface area contributed by atoms with E-state index in [1.54, 1.807) is 6.92 Å². The molecule has 0 rings (SSSR count). The van der Waals surface area contributed by atoms with Crippen LogP contribution in [0.1, 0.15) is 53.4 Å². The summed E-state index contributed by atoms with van der Waals surface area (Å²) in [4.78, 5) is 11.1. The van der Waals surface area contributed by atoms with Crippen molar-refractivity contribution in [3.8, 4) is 0 Å². The maximum Gasteiger partial charge on any atom is 0.155 e. The molecule has 0 unspecified atom stereocenters. The number of unbranched alkanes of at least 4 members (excludes halogenated alkanes) is 1. The highest BCUT2D eigenvalue weighted by atomic mass is 16.1. The number of Topliss-reactive ketones (excluding diaryl/α,β-unsaturated/α-hetero) is 1. The van der Waals surface area contributed by atoms with Crippen LogP contribution in [-0.4, -0.2) is 5.78 Å². The molecule has 0 radical (unpaired) electrons. The maximum absolute atomic E-state index is 11.1. The summed E-state index contributed by atoms with van der Waals surface area (Å²) in [5, 5.41) is 0. The Kier molecular flexibility index (Phi) is 5.69. The van der Waals surface area contributed by atoms with Crippen LogP contribution in [0.5, 0.6) is 0 Å². The highest BCUT2D eigenvalue weighted by molar-refractivity contribution is 5.93. The van der Waals surface area contributed by atoms with Crippen molar-refractivity contribution in [3.63, 3.8) is 0 Å². The molecule has 0 saturated carbocycles. The van der Waals surface area contributed by atoms with Gasteiger partial charge in [-0.1, -0.05) is 25.8 Å². The van der Waals surface area contributed by atoms with E-state index in [9.17, 15) is 4.79 Å². The van der Waals surface area contributed by atoms with Gasteiger partial charge in [0.05, 0.1) is 0 Å². The van der Waals surface area contributed by atoms with Gasteiger partial charge < -0.3 is 0 Å². The van der Waals surface area contributed by atoms with Crippen LogP contribution >= 0.6 is 0 Å². The number of rotatable bonds is 5. The number of allylic oxidation sites excluding steroid dienone is 2. The van der Waals surface area contributed by atoms with Crippen molar-refractivity contribution in [2.24, 2.45) is 0 Å². The van der Waals surface area contributed by atoms with Crippen molar-refractivity contribution in [1.82, 2.24) is 0 Å². The SMILES string of the molecule is CCCC/C(C)=C(\CC)C(C)=O. The van der Waals surface area contributed by atoms with Crippen molar-refractivity contribution in [1.29, 1.82) is 0 Å². The Morgan fingerprint density at radius 1 is 1.17 bits per heavy atom. The van der Waals surface area contributed by atoms with Gasteiger partial charge in [-0.3, -0.25) is 4.79 Å². The van der Waals surface area contributed by atoms with E-state index < -0.39 is 0 Å². The lowest BCUT2D eigenvalue weighted by Gasteiger charge is -2.06. The van der Waals surface area contributed by atoms with Gasteiger partial charge in [-0.2, -0.15) is 0 Å². The monoisotopic (exact) mass is 168 g/mol. The summed E-state index contributed by atoms with van der Waals surface area (Å²) in [5.41, 5.74) is 2.32. The molecule has 0 saturated heterocycles. The lowest BCUT2D eigenvalue weighted by Crippen LogP contribution is -1.98. The van der Waals surface area contributed by atoms with E-state index in [0.717, 1.165) is 18.4 Å². The Bertz CT molecular complexity index is 177. The first-order valence-electron chi connectivity index (χ1n) is 4.83. The number of ketones is 1. The maximum atomic E-state index is 11.1. The van der Waals surface area contributed by atoms with Crippen LogP contribution in [-0.2, 0) is 4.79 Å². The molecule has 0 aromatic rings. The van der Waals surface area contributed by atoms with Crippen LogP contribution < -0.4 is 0 Å². The van der Waals surface area contributed by atoms with Crippen LogP contribution in [0, 0.1) is 0 Å². The van der Waals surface area contributed by atoms with E-state index >= 15 is 0 Å². The van der Waals surface area contributed by atoms with Gasteiger partial charge in [0.25, 0.3) is 0 Å². The molecule has 0 amide bonds. The van der Waals surface area contributed by atoms with Crippen LogP contribution in [0.25, 0.3) is 0 Å². The minimum Gasteiger partial charge on any atom is -0.295 e. The minimum atomic E-state index is 0.242. The molecule has 70 valence electrons. The molecule has 0 fully saturated rings. The molecule has 0 heterocycles. The number of carbonyl (C=O) groups is 1. The summed E-state index contributed by atoms with van der Waals surface area (Å²) < 4.78 is 0. The van der Waals surface area contributed by atoms with Crippen LogP contribution in [0.15, 0.2) is 11.1 Å². The molecular formula is C11H20O. The van der Waals surface area contributed by atoms with Crippen LogP contribution in [0.3, 0.4) is 0 Å². The first-order chi connectivity index (χ1) is 5.63. The smallest absolute Gasteiger partial charge is 0.155 e. The zero-order chi connectivity index (χ0) is 9.56. The van der Waals surface area contributed by atoms with Gasteiger partial charge in [0, 0.05) is 0 Å². The van der Waals surface area contributed by atoms with Crippen molar-refractivity contribution >= 4 is 5.78 Å². The van der Waals surface area contributed by atoms with E-state index in [2.05, 4.69) is 13.8 Å². The predicted molar refractivity (Wildman–Crippen MR) is 53.2 cm³/mol. The average Bonchev–Trinajstić information content (AvgIpc) is 2.01. The summed E-state index contributed by atoms with van der Waals surface area (Å²) in [6, 6.07) is 0. The minimum absolute atomic E-state index is 0.242. The molecular weight excluding hydrogens is 148 g/mol. The van der Waals surface area contributed by atoms with Crippen LogP contribution in [0.2, 0.25) is 0 Å². The highest BCUT2D eigenvalue weighted by Gasteiger charge is 2.04. The fraction of sp³-hybridized carbons (Fsp3) is 0.727. The molecule has 0 spiro atoms. The predicted octanol–water partition coefficient (Wildman–Crippen LogP) is 3.49. The van der Waals surface area contributed by atoms with E-state index in [0.29, 0.717) is 0 Å². The van der Waals surface area contributed by atoms with Gasteiger partial charge in [0.1, 0.15) is 0 Å². The van der Waals surface area contributed by atoms with Crippen molar-refractivity contribution in [3.05, 3.63) is 11.1 Å². The Balaban J connectivity index is 4.27. The Hall–Kier alpha value is -0.590. The summed E-state index contributed by atoms with van der Waals surface area (Å²) in [6.45, 7) is 7.96. The zero-order valence-electron chi connectivity index (χ0n) is 8.74. The molecule has 0 N–H and O–H groups in total. The molecule has 0 bridgehead atoms.